The van der Waals surface area contributed by atoms with E-state index in [4.69, 9.17) is 4.74 Å². The third-order valence-electron chi connectivity index (χ3n) is 4.09. The number of ether oxygens (including phenoxy) is 1. The second kappa shape index (κ2) is 5.72. The van der Waals surface area contributed by atoms with Gasteiger partial charge in [-0.3, -0.25) is 9.59 Å². The van der Waals surface area contributed by atoms with Crippen molar-refractivity contribution in [3.05, 3.63) is 57.3 Å². The van der Waals surface area contributed by atoms with Crippen molar-refractivity contribution in [3.63, 3.8) is 0 Å². The molecule has 5 heteroatoms. The first kappa shape index (κ1) is 15.0. The fourth-order valence-corrected chi connectivity index (χ4v) is 3.64. The van der Waals surface area contributed by atoms with Crippen molar-refractivity contribution in [2.24, 2.45) is 0 Å². The van der Waals surface area contributed by atoms with Crippen molar-refractivity contribution in [3.8, 4) is 0 Å². The van der Waals surface area contributed by atoms with E-state index in [0.717, 1.165) is 15.7 Å². The molecular weight excluding hydrogens is 346 g/mol. The first-order valence-electron chi connectivity index (χ1n) is 7.11. The number of hydrogen-bond acceptors (Lipinski definition) is 3. The second-order valence-electron chi connectivity index (χ2n) is 5.47. The van der Waals surface area contributed by atoms with Crippen molar-refractivity contribution in [1.82, 2.24) is 4.57 Å². The number of carbonyl (C=O) groups excluding carboxylic acids is 2. The van der Waals surface area contributed by atoms with E-state index in [1.165, 1.54) is 7.11 Å². The van der Waals surface area contributed by atoms with E-state index in [1.54, 1.807) is 6.07 Å². The number of carbonyl (C=O) groups is 2. The fourth-order valence-electron chi connectivity index (χ4n) is 2.93. The van der Waals surface area contributed by atoms with Gasteiger partial charge in [-0.1, -0.05) is 29.8 Å². The number of halogens is 1. The van der Waals surface area contributed by atoms with Crippen LogP contribution in [0.4, 0.5) is 0 Å². The Bertz CT molecular complexity index is 746. The lowest BCUT2D eigenvalue weighted by molar-refractivity contribution is -0.142. The van der Waals surface area contributed by atoms with E-state index in [-0.39, 0.29) is 17.7 Å². The molecule has 0 spiro atoms. The van der Waals surface area contributed by atoms with Crippen molar-refractivity contribution < 1.29 is 14.3 Å². The SMILES string of the molecule is COC(=O)C1CCn2c(C(=O)c3ccc(C)cc3)cc(Br)c21. The van der Waals surface area contributed by atoms with Crippen molar-refractivity contribution in [1.29, 1.82) is 0 Å². The highest BCUT2D eigenvalue weighted by Crippen LogP contribution is 2.38. The van der Waals surface area contributed by atoms with Crippen LogP contribution in [0.25, 0.3) is 0 Å². The molecule has 0 saturated carbocycles. The maximum absolute atomic E-state index is 12.7. The van der Waals surface area contributed by atoms with Gasteiger partial charge < -0.3 is 9.30 Å². The predicted molar refractivity (Wildman–Crippen MR) is 86.1 cm³/mol. The third-order valence-corrected chi connectivity index (χ3v) is 4.73. The summed E-state index contributed by atoms with van der Waals surface area (Å²) in [4.78, 5) is 24.6. The first-order chi connectivity index (χ1) is 10.5. The highest BCUT2D eigenvalue weighted by Gasteiger charge is 2.35. The van der Waals surface area contributed by atoms with Gasteiger partial charge in [-0.05, 0) is 35.3 Å². The molecule has 0 bridgehead atoms. The number of rotatable bonds is 3. The van der Waals surface area contributed by atoms with Gasteiger partial charge in [0.2, 0.25) is 5.78 Å². The Balaban J connectivity index is 2.00. The number of ketones is 1. The van der Waals surface area contributed by atoms with Crippen LogP contribution in [0.15, 0.2) is 34.8 Å². The summed E-state index contributed by atoms with van der Waals surface area (Å²) in [5.74, 6) is -0.594. The summed E-state index contributed by atoms with van der Waals surface area (Å²) >= 11 is 3.48. The molecule has 1 aromatic carbocycles. The Morgan fingerprint density at radius 2 is 1.95 bits per heavy atom. The van der Waals surface area contributed by atoms with E-state index in [1.807, 2.05) is 35.8 Å². The maximum atomic E-state index is 12.7. The molecule has 1 aliphatic rings. The molecular formula is C17H16BrNO3. The van der Waals surface area contributed by atoms with Crippen LogP contribution in [-0.2, 0) is 16.1 Å². The number of esters is 1. The summed E-state index contributed by atoms with van der Waals surface area (Å²) in [5.41, 5.74) is 3.21. The van der Waals surface area contributed by atoms with Gasteiger partial charge in [-0.25, -0.2) is 0 Å². The number of benzene rings is 1. The van der Waals surface area contributed by atoms with Crippen LogP contribution in [0, 0.1) is 6.92 Å². The van der Waals surface area contributed by atoms with E-state index < -0.39 is 0 Å². The predicted octanol–water partition coefficient (Wildman–Crippen LogP) is 3.45. The van der Waals surface area contributed by atoms with Crippen LogP contribution in [-0.4, -0.2) is 23.4 Å². The van der Waals surface area contributed by atoms with Gasteiger partial charge in [-0.2, -0.15) is 0 Å². The Labute approximate surface area is 137 Å². The van der Waals surface area contributed by atoms with Gasteiger partial charge in [0, 0.05) is 22.3 Å². The van der Waals surface area contributed by atoms with Gasteiger partial charge in [0.1, 0.15) is 0 Å². The number of aryl methyl sites for hydroxylation is 1. The van der Waals surface area contributed by atoms with E-state index in [2.05, 4.69) is 15.9 Å². The molecule has 0 aliphatic carbocycles. The zero-order valence-corrected chi connectivity index (χ0v) is 14.0. The molecule has 1 unspecified atom stereocenters. The fraction of sp³-hybridized carbons (Fsp3) is 0.294. The average molecular weight is 362 g/mol. The standard InChI is InChI=1S/C17H16BrNO3/c1-10-3-5-11(6-4-10)16(20)14-9-13(18)15-12(17(21)22-2)7-8-19(14)15/h3-6,9,12H,7-8H2,1-2H3. The number of nitrogens with zero attached hydrogens (tertiary/aromatic N) is 1. The van der Waals surface area contributed by atoms with Crippen LogP contribution in [0.5, 0.6) is 0 Å². The highest BCUT2D eigenvalue weighted by molar-refractivity contribution is 9.10. The molecule has 0 fully saturated rings. The Morgan fingerprint density at radius 1 is 1.27 bits per heavy atom. The Kier molecular flexibility index (Phi) is 3.91. The molecule has 2 aromatic rings. The molecule has 0 saturated heterocycles. The van der Waals surface area contributed by atoms with Gasteiger partial charge in [0.15, 0.2) is 0 Å². The maximum Gasteiger partial charge on any atom is 0.314 e. The molecule has 114 valence electrons. The minimum Gasteiger partial charge on any atom is -0.469 e. The molecule has 3 rings (SSSR count). The number of aromatic nitrogens is 1. The van der Waals surface area contributed by atoms with Gasteiger partial charge >= 0.3 is 5.97 Å². The molecule has 4 nitrogen and oxygen atoms in total. The summed E-state index contributed by atoms with van der Waals surface area (Å²) in [7, 11) is 1.39. The number of fused-ring (bicyclic) bond motifs is 1. The summed E-state index contributed by atoms with van der Waals surface area (Å²) in [6, 6.07) is 9.31. The van der Waals surface area contributed by atoms with Crippen molar-refractivity contribution in [2.45, 2.75) is 25.8 Å². The smallest absolute Gasteiger partial charge is 0.314 e. The van der Waals surface area contributed by atoms with Gasteiger partial charge in [0.25, 0.3) is 0 Å². The first-order valence-corrected chi connectivity index (χ1v) is 7.90. The Morgan fingerprint density at radius 3 is 2.59 bits per heavy atom. The van der Waals surface area contributed by atoms with Crippen LogP contribution in [0.3, 0.4) is 0 Å². The lowest BCUT2D eigenvalue weighted by Crippen LogP contribution is -2.12. The van der Waals surface area contributed by atoms with Crippen LogP contribution in [0.1, 0.15) is 39.6 Å². The molecule has 0 amide bonds. The molecule has 1 aromatic heterocycles. The van der Waals surface area contributed by atoms with Crippen molar-refractivity contribution in [2.75, 3.05) is 7.11 Å². The largest absolute Gasteiger partial charge is 0.469 e. The highest BCUT2D eigenvalue weighted by atomic mass is 79.9. The summed E-state index contributed by atoms with van der Waals surface area (Å²) in [6.45, 7) is 2.63. The monoisotopic (exact) mass is 361 g/mol. The van der Waals surface area contributed by atoms with Crippen molar-refractivity contribution >= 4 is 27.7 Å². The van der Waals surface area contributed by atoms with E-state index in [9.17, 15) is 9.59 Å². The number of methoxy groups -OCH3 is 1. The zero-order chi connectivity index (χ0) is 15.9. The molecule has 22 heavy (non-hydrogen) atoms. The summed E-state index contributed by atoms with van der Waals surface area (Å²) in [6.07, 6.45) is 0.662. The molecule has 1 atom stereocenters. The lowest BCUT2D eigenvalue weighted by Gasteiger charge is -2.07. The van der Waals surface area contributed by atoms with Crippen LogP contribution >= 0.6 is 15.9 Å². The summed E-state index contributed by atoms with van der Waals surface area (Å²) < 4.78 is 7.57. The average Bonchev–Trinajstić information content (AvgIpc) is 3.08. The molecule has 0 N–H and O–H groups in total. The number of hydrogen-bond donors (Lipinski definition) is 0. The molecule has 1 aliphatic heterocycles. The molecule has 0 radical (unpaired) electrons. The van der Waals surface area contributed by atoms with Gasteiger partial charge in [0.05, 0.1) is 18.7 Å². The van der Waals surface area contributed by atoms with E-state index >= 15 is 0 Å². The minimum absolute atomic E-state index is 0.0301. The quantitative estimate of drug-likeness (QED) is 0.621. The van der Waals surface area contributed by atoms with E-state index in [0.29, 0.717) is 24.2 Å². The second-order valence-corrected chi connectivity index (χ2v) is 6.33. The topological polar surface area (TPSA) is 48.3 Å². The lowest BCUT2D eigenvalue weighted by atomic mass is 10.0. The third kappa shape index (κ3) is 2.39. The molecule has 2 heterocycles. The minimum atomic E-state index is -0.307. The van der Waals surface area contributed by atoms with Gasteiger partial charge in [-0.15, -0.1) is 0 Å². The normalized spacial score (nSPS) is 16.4. The van der Waals surface area contributed by atoms with Crippen LogP contribution < -0.4 is 0 Å². The van der Waals surface area contributed by atoms with Crippen LogP contribution in [0.2, 0.25) is 0 Å². The zero-order valence-electron chi connectivity index (χ0n) is 12.4. The summed E-state index contributed by atoms with van der Waals surface area (Å²) in [5, 5.41) is 0. The Hall–Kier alpha value is -1.88.